The number of phenols is 1. The molecule has 248 valence electrons. The number of esters is 2. The Morgan fingerprint density at radius 1 is 1.09 bits per heavy atom. The molecule has 0 saturated heterocycles. The highest BCUT2D eigenvalue weighted by Gasteiger charge is 2.68. The zero-order valence-corrected chi connectivity index (χ0v) is 26.5. The maximum atomic E-state index is 13.5. The molecule has 1 aromatic carbocycles. The van der Waals surface area contributed by atoms with Gasteiger partial charge in [0.25, 0.3) is 0 Å². The molecule has 0 radical (unpaired) electrons. The van der Waals surface area contributed by atoms with Gasteiger partial charge < -0.3 is 30.1 Å². The van der Waals surface area contributed by atoms with E-state index in [0.717, 1.165) is 12.0 Å². The zero-order valence-electron chi connectivity index (χ0n) is 26.5. The van der Waals surface area contributed by atoms with Gasteiger partial charge in [0.05, 0.1) is 19.6 Å². The summed E-state index contributed by atoms with van der Waals surface area (Å²) in [6.45, 7) is 3.24. The van der Waals surface area contributed by atoms with Crippen LogP contribution in [0.5, 0.6) is 5.75 Å². The number of amides is 1. The second-order valence-corrected chi connectivity index (χ2v) is 13.7. The molecule has 1 aromatic rings. The fraction of sp³-hybridized carbons (Fsp3) is 0.571. The Hall–Kier alpha value is -3.83. The van der Waals surface area contributed by atoms with E-state index in [9.17, 15) is 39.3 Å². The van der Waals surface area contributed by atoms with E-state index in [0.29, 0.717) is 18.4 Å². The lowest BCUT2D eigenvalue weighted by atomic mass is 9.46. The van der Waals surface area contributed by atoms with Crippen molar-refractivity contribution in [3.63, 3.8) is 0 Å². The van der Waals surface area contributed by atoms with Crippen molar-refractivity contribution in [3.05, 3.63) is 53.6 Å². The Bertz CT molecular complexity index is 1470. The first-order valence-corrected chi connectivity index (χ1v) is 15.9. The number of Topliss-reactive ketones (excluding diaryl/α,β-unsaturated/α-hetero) is 1. The van der Waals surface area contributed by atoms with Gasteiger partial charge in [-0.05, 0) is 73.8 Å². The van der Waals surface area contributed by atoms with E-state index >= 15 is 0 Å². The fourth-order valence-corrected chi connectivity index (χ4v) is 8.81. The van der Waals surface area contributed by atoms with Crippen LogP contribution in [0.25, 0.3) is 0 Å². The van der Waals surface area contributed by atoms with Crippen molar-refractivity contribution in [2.75, 3.05) is 13.7 Å². The number of ketones is 2. The number of carbonyl (C=O) groups is 5. The summed E-state index contributed by atoms with van der Waals surface area (Å²) in [6, 6.07) is 5.12. The van der Waals surface area contributed by atoms with Crippen molar-refractivity contribution in [3.8, 4) is 5.75 Å². The molecule has 0 aliphatic heterocycles. The van der Waals surface area contributed by atoms with Crippen LogP contribution < -0.4 is 5.32 Å². The number of aromatic hydroxyl groups is 1. The van der Waals surface area contributed by atoms with E-state index in [-0.39, 0.29) is 61.4 Å². The molecule has 8 atom stereocenters. The molecule has 1 amide bonds. The molecule has 11 heteroatoms. The number of benzene rings is 1. The van der Waals surface area contributed by atoms with Gasteiger partial charge in [-0.25, -0.2) is 4.79 Å². The van der Waals surface area contributed by atoms with Crippen LogP contribution in [0, 0.1) is 28.6 Å². The zero-order chi connectivity index (χ0) is 33.4. The number of fused-ring (bicyclic) bond motifs is 5. The number of phenolic OH excluding ortho intramolecular Hbond substituents is 1. The van der Waals surface area contributed by atoms with E-state index in [1.54, 1.807) is 24.3 Å². The molecule has 3 saturated carbocycles. The van der Waals surface area contributed by atoms with Crippen molar-refractivity contribution in [1.29, 1.82) is 0 Å². The number of aliphatic hydroxyl groups excluding tert-OH is 1. The predicted octanol–water partition coefficient (Wildman–Crippen LogP) is 2.49. The Balaban J connectivity index is 1.16. The molecular formula is C35H43NO10. The highest BCUT2D eigenvalue weighted by Crippen LogP contribution is 2.67. The maximum Gasteiger partial charge on any atom is 0.328 e. The van der Waals surface area contributed by atoms with Gasteiger partial charge in [-0.1, -0.05) is 37.6 Å². The molecule has 0 heterocycles. The van der Waals surface area contributed by atoms with Crippen LogP contribution in [0.3, 0.4) is 0 Å². The standard InChI is InChI=1S/C35H43NO10/c1-33-14-12-23(38)17-21(33)6-9-24-25-13-15-35(44,34(25,2)18-27(39)31(24)33)28(40)19-46-30(42)11-10-29(41)36-26(32(43)45-3)16-20-4-7-22(37)8-5-20/h4-5,7-8,12,14,17,24-27,31,37,39,44H,6,9-11,13,15-16,18-19H2,1-3H3,(H,36,41)/t24-,25+,26-,27-,31-,33-,34-,35+/m0/s1. The molecule has 5 rings (SSSR count). The van der Waals surface area contributed by atoms with Crippen LogP contribution >= 0.6 is 0 Å². The lowest BCUT2D eigenvalue weighted by molar-refractivity contribution is -0.181. The number of hydrogen-bond acceptors (Lipinski definition) is 10. The van der Waals surface area contributed by atoms with E-state index < -0.39 is 58.8 Å². The van der Waals surface area contributed by atoms with Gasteiger partial charge >= 0.3 is 11.9 Å². The van der Waals surface area contributed by atoms with Crippen LogP contribution in [0.2, 0.25) is 0 Å². The Morgan fingerprint density at radius 2 is 1.80 bits per heavy atom. The molecule has 0 spiro atoms. The first kappa shape index (κ1) is 33.5. The maximum absolute atomic E-state index is 13.5. The second kappa shape index (κ2) is 12.8. The highest BCUT2D eigenvalue weighted by atomic mass is 16.5. The number of allylic oxidation sites excluding steroid dienone is 4. The summed E-state index contributed by atoms with van der Waals surface area (Å²) in [4.78, 5) is 62.9. The van der Waals surface area contributed by atoms with Crippen LogP contribution in [0.4, 0.5) is 0 Å². The van der Waals surface area contributed by atoms with E-state index in [1.165, 1.54) is 19.2 Å². The van der Waals surface area contributed by atoms with Crippen LogP contribution in [0.1, 0.15) is 64.4 Å². The molecule has 11 nitrogen and oxygen atoms in total. The third kappa shape index (κ3) is 6.02. The molecule has 4 aliphatic rings. The largest absolute Gasteiger partial charge is 0.508 e. The summed E-state index contributed by atoms with van der Waals surface area (Å²) in [5.41, 5.74) is -1.49. The average molecular weight is 638 g/mol. The van der Waals surface area contributed by atoms with Crippen LogP contribution in [0.15, 0.2) is 48.1 Å². The van der Waals surface area contributed by atoms with Gasteiger partial charge in [0.15, 0.2) is 12.4 Å². The number of carbonyl (C=O) groups excluding carboxylic acids is 5. The van der Waals surface area contributed by atoms with Crippen LogP contribution in [-0.4, -0.2) is 76.2 Å². The van der Waals surface area contributed by atoms with E-state index in [1.807, 2.05) is 13.0 Å². The predicted molar refractivity (Wildman–Crippen MR) is 164 cm³/mol. The number of hydrogen-bond donors (Lipinski definition) is 4. The summed E-state index contributed by atoms with van der Waals surface area (Å²) in [5, 5.41) is 35.4. The molecule has 46 heavy (non-hydrogen) atoms. The Labute approximate surface area is 268 Å². The van der Waals surface area contributed by atoms with Crippen molar-refractivity contribution in [2.24, 2.45) is 28.6 Å². The average Bonchev–Trinajstić information content (AvgIpc) is 3.29. The summed E-state index contributed by atoms with van der Waals surface area (Å²) < 4.78 is 10.00. The third-order valence-corrected chi connectivity index (χ3v) is 11.2. The molecule has 0 unspecified atom stereocenters. The number of rotatable bonds is 10. The highest BCUT2D eigenvalue weighted by molar-refractivity contribution is 6.01. The summed E-state index contributed by atoms with van der Waals surface area (Å²) in [6.07, 6.45) is 6.24. The van der Waals surface area contributed by atoms with Crippen molar-refractivity contribution < 1.29 is 48.8 Å². The van der Waals surface area contributed by atoms with Gasteiger partial charge in [0.2, 0.25) is 11.7 Å². The second-order valence-electron chi connectivity index (χ2n) is 13.7. The number of nitrogens with one attached hydrogen (secondary N) is 1. The molecule has 0 aromatic heterocycles. The normalized spacial score (nSPS) is 33.5. The Morgan fingerprint density at radius 3 is 2.50 bits per heavy atom. The topological polar surface area (TPSA) is 177 Å². The summed E-state index contributed by atoms with van der Waals surface area (Å²) >= 11 is 0. The van der Waals surface area contributed by atoms with Gasteiger partial charge in [-0.2, -0.15) is 0 Å². The van der Waals surface area contributed by atoms with E-state index in [2.05, 4.69) is 12.2 Å². The van der Waals surface area contributed by atoms with Crippen molar-refractivity contribution >= 4 is 29.4 Å². The molecule has 0 bridgehead atoms. The summed E-state index contributed by atoms with van der Waals surface area (Å²) in [5.74, 6) is -2.83. The lowest BCUT2D eigenvalue weighted by Crippen LogP contribution is -2.61. The first-order chi connectivity index (χ1) is 21.7. The minimum absolute atomic E-state index is 0.0389. The van der Waals surface area contributed by atoms with Gasteiger partial charge in [-0.3, -0.25) is 19.2 Å². The van der Waals surface area contributed by atoms with Crippen molar-refractivity contribution in [2.45, 2.75) is 83.0 Å². The molecular weight excluding hydrogens is 594 g/mol. The SMILES string of the molecule is COC(=O)[C@H](Cc1ccc(O)cc1)NC(=O)CCC(=O)OCC(=O)[C@]1(O)CC[C@@H]2[C@@H]3CCC4=CC(=O)C=C[C@]4(C)[C@@H]3[C@@H](O)C[C@@]21C. The third-order valence-electron chi connectivity index (χ3n) is 11.2. The lowest BCUT2D eigenvalue weighted by Gasteiger charge is -2.59. The fourth-order valence-electron chi connectivity index (χ4n) is 8.81. The quantitative estimate of drug-likeness (QED) is 0.279. The van der Waals surface area contributed by atoms with Crippen LogP contribution in [-0.2, 0) is 39.9 Å². The van der Waals surface area contributed by atoms with Gasteiger partial charge in [-0.15, -0.1) is 0 Å². The number of ether oxygens (including phenoxy) is 2. The Kier molecular flexibility index (Phi) is 9.30. The molecule has 4 aliphatic carbocycles. The van der Waals surface area contributed by atoms with Crippen molar-refractivity contribution in [1.82, 2.24) is 5.32 Å². The van der Waals surface area contributed by atoms with Gasteiger partial charge in [0.1, 0.15) is 17.4 Å². The minimum Gasteiger partial charge on any atom is -0.508 e. The van der Waals surface area contributed by atoms with E-state index in [4.69, 9.17) is 9.47 Å². The minimum atomic E-state index is -1.79. The smallest absolute Gasteiger partial charge is 0.328 e. The molecule has 3 fully saturated rings. The number of methoxy groups -OCH3 is 1. The number of aliphatic hydroxyl groups is 2. The summed E-state index contributed by atoms with van der Waals surface area (Å²) in [7, 11) is 1.19. The first-order valence-electron chi connectivity index (χ1n) is 15.9. The van der Waals surface area contributed by atoms with Gasteiger partial charge in [0, 0.05) is 29.6 Å². The monoisotopic (exact) mass is 637 g/mol. The molecule has 4 N–H and O–H groups in total.